The van der Waals surface area contributed by atoms with Gasteiger partial charge in [0.2, 0.25) is 5.95 Å². The molecule has 5 nitrogen and oxygen atoms in total. The number of anilines is 3. The van der Waals surface area contributed by atoms with Crippen molar-refractivity contribution >= 4 is 17.5 Å². The average Bonchev–Trinajstić information content (AvgIpc) is 2.77. The molecule has 1 saturated heterocycles. The number of hydrogen-bond donors (Lipinski definition) is 3. The third kappa shape index (κ3) is 4.88. The Balaban J connectivity index is 1.60. The van der Waals surface area contributed by atoms with E-state index in [0.29, 0.717) is 17.7 Å². The first-order valence-corrected chi connectivity index (χ1v) is 11.1. The molecule has 5 heteroatoms. The van der Waals surface area contributed by atoms with Crippen LogP contribution < -0.4 is 16.4 Å². The molecular weight excluding hydrogens is 382 g/mol. The highest BCUT2D eigenvalue weighted by Crippen LogP contribution is 2.31. The molecule has 0 atom stereocenters. The van der Waals surface area contributed by atoms with Gasteiger partial charge in [0.25, 0.3) is 0 Å². The minimum Gasteiger partial charge on any atom is -0.383 e. The minimum atomic E-state index is 0.0692. The number of benzene rings is 2. The molecule has 31 heavy (non-hydrogen) atoms. The smallest absolute Gasteiger partial charge is 0.229 e. The number of nitrogens with two attached hydrogens (primary N) is 1. The quantitative estimate of drug-likeness (QED) is 0.521. The summed E-state index contributed by atoms with van der Waals surface area (Å²) in [5, 5.41) is 6.77. The van der Waals surface area contributed by atoms with Gasteiger partial charge in [-0.15, -0.1) is 0 Å². The van der Waals surface area contributed by atoms with Crippen LogP contribution in [0.2, 0.25) is 0 Å². The maximum Gasteiger partial charge on any atom is 0.229 e. The van der Waals surface area contributed by atoms with Crippen LogP contribution in [0, 0.1) is 6.92 Å². The molecule has 0 unspecified atom stereocenters. The molecule has 0 radical (unpaired) electrons. The summed E-state index contributed by atoms with van der Waals surface area (Å²) < 4.78 is 0. The molecule has 1 aliphatic heterocycles. The predicted molar refractivity (Wildman–Crippen MR) is 130 cm³/mol. The summed E-state index contributed by atoms with van der Waals surface area (Å²) in [5.74, 6) is 1.66. The Hall–Kier alpha value is -2.92. The van der Waals surface area contributed by atoms with Crippen LogP contribution in [0.5, 0.6) is 0 Å². The number of aromatic nitrogens is 2. The molecule has 0 spiro atoms. The Morgan fingerprint density at radius 2 is 1.71 bits per heavy atom. The first-order valence-electron chi connectivity index (χ1n) is 11.1. The predicted octanol–water partition coefficient (Wildman–Crippen LogP) is 5.54. The van der Waals surface area contributed by atoms with Gasteiger partial charge in [-0.25, -0.2) is 4.98 Å². The summed E-state index contributed by atoms with van der Waals surface area (Å²) in [7, 11) is 0. The van der Waals surface area contributed by atoms with E-state index in [1.165, 1.54) is 24.0 Å². The molecular formula is C26H33N5. The first-order chi connectivity index (χ1) is 14.8. The van der Waals surface area contributed by atoms with Crippen LogP contribution in [0.4, 0.5) is 17.5 Å². The molecule has 1 fully saturated rings. The maximum absolute atomic E-state index is 6.26. The second-order valence-electron chi connectivity index (χ2n) is 9.51. The van der Waals surface area contributed by atoms with Gasteiger partial charge in [-0.05, 0) is 73.5 Å². The van der Waals surface area contributed by atoms with Gasteiger partial charge in [0.15, 0.2) is 0 Å². The van der Waals surface area contributed by atoms with Crippen LogP contribution in [-0.4, -0.2) is 23.1 Å². The number of hydrogen-bond acceptors (Lipinski definition) is 5. The van der Waals surface area contributed by atoms with Crippen molar-refractivity contribution in [3.8, 4) is 11.3 Å². The van der Waals surface area contributed by atoms with Crippen molar-refractivity contribution in [3.05, 3.63) is 65.2 Å². The Bertz CT molecular complexity index is 1040. The third-order valence-electron chi connectivity index (χ3n) is 6.16. The Labute approximate surface area is 185 Å². The lowest BCUT2D eigenvalue weighted by molar-refractivity contribution is 0.460. The Kier molecular flexibility index (Phi) is 5.96. The standard InChI is InChI=1S/C26H33N5/c1-17-23(20-6-5-7-21(16-20)26(2,3)4)30-25(31-24(17)27)29-22-10-8-18(9-11-22)19-12-14-28-15-13-19/h5-11,16,19,28H,12-15H2,1-4H3,(H3,27,29,30,31). The van der Waals surface area contributed by atoms with E-state index >= 15 is 0 Å². The summed E-state index contributed by atoms with van der Waals surface area (Å²) in [4.78, 5) is 9.31. The number of piperidine rings is 1. The van der Waals surface area contributed by atoms with E-state index in [-0.39, 0.29) is 5.41 Å². The van der Waals surface area contributed by atoms with Gasteiger partial charge in [-0.1, -0.05) is 51.1 Å². The number of nitrogens with one attached hydrogen (secondary N) is 2. The van der Waals surface area contributed by atoms with E-state index in [4.69, 9.17) is 10.7 Å². The number of rotatable bonds is 4. The molecule has 3 aromatic rings. The average molecular weight is 416 g/mol. The van der Waals surface area contributed by atoms with Crippen LogP contribution in [-0.2, 0) is 5.41 Å². The van der Waals surface area contributed by atoms with Gasteiger partial charge in [0.05, 0.1) is 5.69 Å². The van der Waals surface area contributed by atoms with Gasteiger partial charge in [0, 0.05) is 16.8 Å². The molecule has 0 amide bonds. The van der Waals surface area contributed by atoms with Crippen molar-refractivity contribution in [3.63, 3.8) is 0 Å². The van der Waals surface area contributed by atoms with Crippen molar-refractivity contribution < 1.29 is 0 Å². The SMILES string of the molecule is Cc1c(N)nc(Nc2ccc(C3CCNCC3)cc2)nc1-c1cccc(C(C)(C)C)c1. The number of nitrogen functional groups attached to an aromatic ring is 1. The fourth-order valence-corrected chi connectivity index (χ4v) is 4.13. The fourth-order valence-electron chi connectivity index (χ4n) is 4.13. The summed E-state index contributed by atoms with van der Waals surface area (Å²) in [6.45, 7) is 10.8. The highest BCUT2D eigenvalue weighted by atomic mass is 15.1. The van der Waals surface area contributed by atoms with Crippen molar-refractivity contribution in [2.75, 3.05) is 24.1 Å². The van der Waals surface area contributed by atoms with Crippen LogP contribution >= 0.6 is 0 Å². The van der Waals surface area contributed by atoms with Crippen molar-refractivity contribution in [1.82, 2.24) is 15.3 Å². The molecule has 4 rings (SSSR count). The monoisotopic (exact) mass is 415 g/mol. The normalized spacial score (nSPS) is 15.1. The van der Waals surface area contributed by atoms with E-state index in [1.807, 2.05) is 6.92 Å². The maximum atomic E-state index is 6.26. The molecule has 0 saturated carbocycles. The van der Waals surface area contributed by atoms with Crippen LogP contribution in [0.25, 0.3) is 11.3 Å². The molecule has 1 aromatic heterocycles. The van der Waals surface area contributed by atoms with Gasteiger partial charge in [0.1, 0.15) is 5.82 Å². The van der Waals surface area contributed by atoms with E-state index in [0.717, 1.165) is 35.6 Å². The molecule has 1 aliphatic rings. The highest BCUT2D eigenvalue weighted by molar-refractivity contribution is 5.70. The highest BCUT2D eigenvalue weighted by Gasteiger charge is 2.17. The third-order valence-corrected chi connectivity index (χ3v) is 6.16. The van der Waals surface area contributed by atoms with Crippen LogP contribution in [0.15, 0.2) is 48.5 Å². The van der Waals surface area contributed by atoms with E-state index in [2.05, 4.69) is 84.9 Å². The molecule has 162 valence electrons. The van der Waals surface area contributed by atoms with Crippen LogP contribution in [0.1, 0.15) is 56.2 Å². The van der Waals surface area contributed by atoms with Crippen molar-refractivity contribution in [2.45, 2.75) is 51.9 Å². The van der Waals surface area contributed by atoms with Crippen LogP contribution in [0.3, 0.4) is 0 Å². The molecule has 2 heterocycles. The summed E-state index contributed by atoms with van der Waals surface area (Å²) in [6, 6.07) is 17.2. The zero-order chi connectivity index (χ0) is 22.0. The van der Waals surface area contributed by atoms with E-state index < -0.39 is 0 Å². The summed E-state index contributed by atoms with van der Waals surface area (Å²) in [5.41, 5.74) is 12.8. The summed E-state index contributed by atoms with van der Waals surface area (Å²) >= 11 is 0. The van der Waals surface area contributed by atoms with Crippen molar-refractivity contribution in [2.24, 2.45) is 0 Å². The second kappa shape index (κ2) is 8.67. The second-order valence-corrected chi connectivity index (χ2v) is 9.51. The lowest BCUT2D eigenvalue weighted by Crippen LogP contribution is -2.26. The zero-order valence-corrected chi connectivity index (χ0v) is 19.0. The van der Waals surface area contributed by atoms with Gasteiger partial charge in [-0.2, -0.15) is 4.98 Å². The topological polar surface area (TPSA) is 75.9 Å². The molecule has 4 N–H and O–H groups in total. The zero-order valence-electron chi connectivity index (χ0n) is 19.0. The van der Waals surface area contributed by atoms with E-state index in [1.54, 1.807) is 0 Å². The lowest BCUT2D eigenvalue weighted by Gasteiger charge is -2.23. The molecule has 0 aliphatic carbocycles. The first kappa shape index (κ1) is 21.3. The van der Waals surface area contributed by atoms with Gasteiger partial charge in [-0.3, -0.25) is 0 Å². The van der Waals surface area contributed by atoms with E-state index in [9.17, 15) is 0 Å². The largest absolute Gasteiger partial charge is 0.383 e. The lowest BCUT2D eigenvalue weighted by atomic mass is 9.85. The minimum absolute atomic E-state index is 0.0692. The van der Waals surface area contributed by atoms with Crippen molar-refractivity contribution in [1.29, 1.82) is 0 Å². The Morgan fingerprint density at radius 1 is 1.00 bits per heavy atom. The molecule has 2 aromatic carbocycles. The van der Waals surface area contributed by atoms with Gasteiger partial charge < -0.3 is 16.4 Å². The fraction of sp³-hybridized carbons (Fsp3) is 0.385. The Morgan fingerprint density at radius 3 is 2.39 bits per heavy atom. The van der Waals surface area contributed by atoms with Gasteiger partial charge >= 0.3 is 0 Å². The molecule has 0 bridgehead atoms. The summed E-state index contributed by atoms with van der Waals surface area (Å²) in [6.07, 6.45) is 2.39. The number of nitrogens with zero attached hydrogens (tertiary/aromatic N) is 2.